The van der Waals surface area contributed by atoms with Gasteiger partial charge >= 0.3 is 0 Å². The second-order valence-electron chi connectivity index (χ2n) is 4.69. The van der Waals surface area contributed by atoms with E-state index in [4.69, 9.17) is 0 Å². The standard InChI is InChI=1S/C12H18N2O2S/c1-12(2,3)17-9-8-13-10-4-6-11(7-5-10)14(15)16/h4-7,13H,8-9H2,1-3H3. The Morgan fingerprint density at radius 2 is 1.88 bits per heavy atom. The van der Waals surface area contributed by atoms with E-state index in [1.807, 2.05) is 11.8 Å². The van der Waals surface area contributed by atoms with Gasteiger partial charge in [0.25, 0.3) is 5.69 Å². The molecule has 4 nitrogen and oxygen atoms in total. The van der Waals surface area contributed by atoms with Gasteiger partial charge in [0.15, 0.2) is 0 Å². The molecule has 1 aromatic carbocycles. The van der Waals surface area contributed by atoms with Gasteiger partial charge in [-0.15, -0.1) is 0 Å². The van der Waals surface area contributed by atoms with Gasteiger partial charge in [0.05, 0.1) is 4.92 Å². The lowest BCUT2D eigenvalue weighted by molar-refractivity contribution is -0.384. The zero-order chi connectivity index (χ0) is 12.9. The predicted octanol–water partition coefficient (Wildman–Crippen LogP) is 3.54. The first-order chi connectivity index (χ1) is 7.88. The summed E-state index contributed by atoms with van der Waals surface area (Å²) in [5.74, 6) is 1.01. The largest absolute Gasteiger partial charge is 0.384 e. The van der Waals surface area contributed by atoms with E-state index in [-0.39, 0.29) is 15.4 Å². The number of benzene rings is 1. The number of thioether (sulfide) groups is 1. The van der Waals surface area contributed by atoms with E-state index in [0.29, 0.717) is 0 Å². The molecule has 1 N–H and O–H groups in total. The van der Waals surface area contributed by atoms with E-state index in [0.717, 1.165) is 18.0 Å². The zero-order valence-electron chi connectivity index (χ0n) is 10.4. The highest BCUT2D eigenvalue weighted by molar-refractivity contribution is 8.00. The molecule has 0 aliphatic heterocycles. The fourth-order valence-electron chi connectivity index (χ4n) is 1.25. The molecule has 0 heterocycles. The Morgan fingerprint density at radius 3 is 2.35 bits per heavy atom. The zero-order valence-corrected chi connectivity index (χ0v) is 11.2. The van der Waals surface area contributed by atoms with Crippen molar-refractivity contribution >= 4 is 23.1 Å². The summed E-state index contributed by atoms with van der Waals surface area (Å²) < 4.78 is 0.275. The lowest BCUT2D eigenvalue weighted by atomic mass is 10.3. The highest BCUT2D eigenvalue weighted by atomic mass is 32.2. The maximum absolute atomic E-state index is 10.5. The number of nitro groups is 1. The minimum absolute atomic E-state index is 0.125. The normalized spacial score (nSPS) is 11.2. The lowest BCUT2D eigenvalue weighted by Gasteiger charge is -2.17. The number of non-ortho nitro benzene ring substituents is 1. The fourth-order valence-corrected chi connectivity index (χ4v) is 2.07. The van der Waals surface area contributed by atoms with Crippen molar-refractivity contribution < 1.29 is 4.92 Å². The molecule has 5 heteroatoms. The number of hydrogen-bond donors (Lipinski definition) is 1. The number of hydrogen-bond acceptors (Lipinski definition) is 4. The van der Waals surface area contributed by atoms with Crippen LogP contribution < -0.4 is 5.32 Å². The monoisotopic (exact) mass is 254 g/mol. The number of rotatable bonds is 5. The molecule has 0 bridgehead atoms. The van der Waals surface area contributed by atoms with E-state index in [9.17, 15) is 10.1 Å². The van der Waals surface area contributed by atoms with Crippen molar-refractivity contribution in [3.05, 3.63) is 34.4 Å². The Balaban J connectivity index is 2.35. The van der Waals surface area contributed by atoms with Crippen LogP contribution in [-0.2, 0) is 0 Å². The second kappa shape index (κ2) is 5.91. The van der Waals surface area contributed by atoms with Crippen molar-refractivity contribution in [1.29, 1.82) is 0 Å². The van der Waals surface area contributed by atoms with Gasteiger partial charge in [-0.3, -0.25) is 10.1 Å². The average Bonchev–Trinajstić information content (AvgIpc) is 2.24. The van der Waals surface area contributed by atoms with Gasteiger partial charge < -0.3 is 5.32 Å². The van der Waals surface area contributed by atoms with Crippen molar-refractivity contribution in [2.75, 3.05) is 17.6 Å². The first-order valence-corrected chi connectivity index (χ1v) is 6.49. The molecule has 1 rings (SSSR count). The van der Waals surface area contributed by atoms with Gasteiger partial charge in [-0.25, -0.2) is 0 Å². The predicted molar refractivity (Wildman–Crippen MR) is 73.8 cm³/mol. The molecule has 0 atom stereocenters. The fraction of sp³-hybridized carbons (Fsp3) is 0.500. The summed E-state index contributed by atoms with van der Waals surface area (Å²) in [5, 5.41) is 13.7. The summed E-state index contributed by atoms with van der Waals surface area (Å²) >= 11 is 1.89. The van der Waals surface area contributed by atoms with E-state index in [2.05, 4.69) is 26.1 Å². The molecule has 0 fully saturated rings. The van der Waals surface area contributed by atoms with Crippen molar-refractivity contribution in [3.8, 4) is 0 Å². The van der Waals surface area contributed by atoms with Crippen molar-refractivity contribution in [2.24, 2.45) is 0 Å². The topological polar surface area (TPSA) is 55.2 Å². The summed E-state index contributed by atoms with van der Waals surface area (Å²) in [5.41, 5.74) is 1.05. The van der Waals surface area contributed by atoms with Gasteiger partial charge in [0.1, 0.15) is 0 Å². The maximum atomic E-state index is 10.5. The molecule has 1 aromatic rings. The number of nitrogens with one attached hydrogen (secondary N) is 1. The first-order valence-electron chi connectivity index (χ1n) is 5.51. The Kier molecular flexibility index (Phi) is 4.81. The maximum Gasteiger partial charge on any atom is 0.269 e. The van der Waals surface area contributed by atoms with Gasteiger partial charge in [-0.05, 0) is 12.1 Å². The van der Waals surface area contributed by atoms with Crippen LogP contribution in [0.3, 0.4) is 0 Å². The Bertz CT molecular complexity index is 371. The summed E-state index contributed by atoms with van der Waals surface area (Å²) in [6, 6.07) is 6.50. The Hall–Kier alpha value is -1.23. The molecule has 0 saturated heterocycles. The summed E-state index contributed by atoms with van der Waals surface area (Å²) in [6.07, 6.45) is 0. The van der Waals surface area contributed by atoms with Crippen LogP contribution in [0.15, 0.2) is 24.3 Å². The van der Waals surface area contributed by atoms with Crippen molar-refractivity contribution in [3.63, 3.8) is 0 Å². The Morgan fingerprint density at radius 1 is 1.29 bits per heavy atom. The van der Waals surface area contributed by atoms with Crippen LogP contribution in [-0.4, -0.2) is 22.0 Å². The summed E-state index contributed by atoms with van der Waals surface area (Å²) in [6.45, 7) is 7.41. The summed E-state index contributed by atoms with van der Waals surface area (Å²) in [4.78, 5) is 10.1. The van der Waals surface area contributed by atoms with Gasteiger partial charge in [0, 0.05) is 34.9 Å². The third-order valence-corrected chi connectivity index (χ3v) is 3.32. The number of anilines is 1. The van der Waals surface area contributed by atoms with Crippen LogP contribution in [0.1, 0.15) is 20.8 Å². The molecule has 0 unspecified atom stereocenters. The van der Waals surface area contributed by atoms with Crippen LogP contribution in [0.25, 0.3) is 0 Å². The molecule has 0 aliphatic rings. The van der Waals surface area contributed by atoms with E-state index >= 15 is 0 Å². The lowest BCUT2D eigenvalue weighted by Crippen LogP contribution is -2.12. The molecule has 0 aromatic heterocycles. The minimum atomic E-state index is -0.390. The Labute approximate surface area is 106 Å². The highest BCUT2D eigenvalue weighted by Gasteiger charge is 2.09. The quantitative estimate of drug-likeness (QED) is 0.496. The van der Waals surface area contributed by atoms with Crippen LogP contribution in [0.2, 0.25) is 0 Å². The molecule has 0 radical (unpaired) electrons. The second-order valence-corrected chi connectivity index (χ2v) is 6.61. The molecule has 0 saturated carbocycles. The van der Waals surface area contributed by atoms with Gasteiger partial charge in [-0.1, -0.05) is 20.8 Å². The molecule has 94 valence electrons. The molecule has 0 spiro atoms. The van der Waals surface area contributed by atoms with Crippen molar-refractivity contribution in [1.82, 2.24) is 0 Å². The third kappa shape index (κ3) is 5.58. The highest BCUT2D eigenvalue weighted by Crippen LogP contribution is 2.22. The van der Waals surface area contributed by atoms with E-state index < -0.39 is 0 Å². The third-order valence-electron chi connectivity index (χ3n) is 2.04. The summed E-state index contributed by atoms with van der Waals surface area (Å²) in [7, 11) is 0. The SMILES string of the molecule is CC(C)(C)SCCNc1ccc([N+](=O)[O-])cc1. The van der Waals surface area contributed by atoms with E-state index in [1.54, 1.807) is 12.1 Å². The van der Waals surface area contributed by atoms with Crippen LogP contribution in [0.4, 0.5) is 11.4 Å². The number of nitro benzene ring substituents is 1. The smallest absolute Gasteiger partial charge is 0.269 e. The van der Waals surface area contributed by atoms with Crippen LogP contribution in [0.5, 0.6) is 0 Å². The molecular formula is C12H18N2O2S. The van der Waals surface area contributed by atoms with E-state index in [1.165, 1.54) is 12.1 Å². The van der Waals surface area contributed by atoms with Crippen molar-refractivity contribution in [2.45, 2.75) is 25.5 Å². The molecule has 0 aliphatic carbocycles. The number of nitrogens with zero attached hydrogens (tertiary/aromatic N) is 1. The molecular weight excluding hydrogens is 236 g/mol. The molecule has 17 heavy (non-hydrogen) atoms. The minimum Gasteiger partial charge on any atom is -0.384 e. The van der Waals surface area contributed by atoms with Gasteiger partial charge in [0.2, 0.25) is 0 Å². The average molecular weight is 254 g/mol. The van der Waals surface area contributed by atoms with Crippen LogP contribution >= 0.6 is 11.8 Å². The van der Waals surface area contributed by atoms with Gasteiger partial charge in [-0.2, -0.15) is 11.8 Å². The first kappa shape index (κ1) is 13.8. The molecule has 0 amide bonds. The van der Waals surface area contributed by atoms with Crippen LogP contribution in [0, 0.1) is 10.1 Å².